The Kier molecular flexibility index (Phi) is 11.9. The van der Waals surface area contributed by atoms with Gasteiger partial charge >= 0.3 is 0 Å². The molecule has 0 saturated heterocycles. The molecule has 1 N–H and O–H groups in total. The van der Waals surface area contributed by atoms with Crippen molar-refractivity contribution in [2.45, 2.75) is 33.7 Å². The summed E-state index contributed by atoms with van der Waals surface area (Å²) in [6.45, 7) is 12.6. The van der Waals surface area contributed by atoms with E-state index in [-0.39, 0.29) is 6.04 Å². The lowest BCUT2D eigenvalue weighted by Gasteiger charge is -2.27. The van der Waals surface area contributed by atoms with Gasteiger partial charge in [-0.05, 0) is 130 Å². The Bertz CT molecular complexity index is 1920. The average molecular weight is 693 g/mol. The van der Waals surface area contributed by atoms with E-state index < -0.39 is 0 Å². The molecular weight excluding hydrogens is 645 g/mol. The topological polar surface area (TPSA) is 69.9 Å². The highest BCUT2D eigenvalue weighted by molar-refractivity contribution is 5.72. The predicted molar refractivity (Wildman–Crippen MR) is 215 cm³/mol. The van der Waals surface area contributed by atoms with Crippen molar-refractivity contribution in [3.63, 3.8) is 0 Å². The fourth-order valence-electron chi connectivity index (χ4n) is 6.37. The van der Waals surface area contributed by atoms with Crippen LogP contribution in [0.15, 0.2) is 144 Å². The van der Waals surface area contributed by atoms with E-state index in [1.54, 1.807) is 7.11 Å². The first kappa shape index (κ1) is 35.8. The SMILES string of the molecule is CCN(CC)c1ccc(-c2nnc(-c3ccc(N(CC)CC)cc3)o2)cc1.COc1ccc(C2=CC(c3ccccc3)N(c3ccccc3)N2)cc1. The highest BCUT2D eigenvalue weighted by Crippen LogP contribution is 2.35. The normalized spacial score (nSPS) is 13.4. The number of methoxy groups -OCH3 is 1. The van der Waals surface area contributed by atoms with Gasteiger partial charge in [-0.25, -0.2) is 0 Å². The third-order valence-corrected chi connectivity index (χ3v) is 9.33. The molecule has 52 heavy (non-hydrogen) atoms. The van der Waals surface area contributed by atoms with Crippen LogP contribution in [0.1, 0.15) is 44.9 Å². The number of nitrogens with zero attached hydrogens (tertiary/aromatic N) is 5. The number of aromatic nitrogens is 2. The van der Waals surface area contributed by atoms with Crippen LogP contribution in [-0.2, 0) is 0 Å². The molecule has 8 nitrogen and oxygen atoms in total. The Morgan fingerprint density at radius 2 is 1.06 bits per heavy atom. The van der Waals surface area contributed by atoms with E-state index in [2.05, 4.69) is 149 Å². The summed E-state index contributed by atoms with van der Waals surface area (Å²) in [5.41, 5.74) is 12.5. The van der Waals surface area contributed by atoms with Gasteiger partial charge < -0.3 is 19.0 Å². The second kappa shape index (κ2) is 17.3. The molecule has 0 saturated carbocycles. The molecule has 1 aliphatic heterocycles. The van der Waals surface area contributed by atoms with Gasteiger partial charge in [-0.1, -0.05) is 48.5 Å². The molecule has 5 aromatic carbocycles. The van der Waals surface area contributed by atoms with Gasteiger partial charge in [-0.15, -0.1) is 10.2 Å². The van der Waals surface area contributed by atoms with Crippen molar-refractivity contribution >= 4 is 22.8 Å². The minimum atomic E-state index is 0.140. The highest BCUT2D eigenvalue weighted by Gasteiger charge is 2.27. The van der Waals surface area contributed by atoms with Gasteiger partial charge in [0, 0.05) is 48.7 Å². The second-order valence-corrected chi connectivity index (χ2v) is 12.3. The molecule has 0 fully saturated rings. The van der Waals surface area contributed by atoms with E-state index >= 15 is 0 Å². The molecule has 8 heteroatoms. The first-order valence-electron chi connectivity index (χ1n) is 18.1. The Morgan fingerprint density at radius 3 is 1.52 bits per heavy atom. The summed E-state index contributed by atoms with van der Waals surface area (Å²) >= 11 is 0. The number of nitrogens with one attached hydrogen (secondary N) is 1. The Hall–Kier alpha value is -6.02. The quantitative estimate of drug-likeness (QED) is 0.136. The van der Waals surface area contributed by atoms with Gasteiger partial charge in [-0.3, -0.25) is 10.4 Å². The number of hydrogen-bond donors (Lipinski definition) is 1. The molecule has 0 amide bonds. The summed E-state index contributed by atoms with van der Waals surface area (Å²) in [6, 6.07) is 45.8. The average Bonchev–Trinajstić information content (AvgIpc) is 3.90. The second-order valence-electron chi connectivity index (χ2n) is 12.3. The minimum Gasteiger partial charge on any atom is -0.497 e. The van der Waals surface area contributed by atoms with Gasteiger partial charge in [0.15, 0.2) is 0 Å². The predicted octanol–water partition coefficient (Wildman–Crippen LogP) is 9.90. The summed E-state index contributed by atoms with van der Waals surface area (Å²) in [5, 5.41) is 10.7. The van der Waals surface area contributed by atoms with Crippen molar-refractivity contribution < 1.29 is 9.15 Å². The lowest BCUT2D eigenvalue weighted by Crippen LogP contribution is -2.33. The molecular formula is C44H48N6O2. The molecule has 0 aliphatic carbocycles. The van der Waals surface area contributed by atoms with E-state index in [0.29, 0.717) is 11.8 Å². The van der Waals surface area contributed by atoms with E-state index in [9.17, 15) is 0 Å². The molecule has 6 aromatic rings. The molecule has 1 atom stereocenters. The van der Waals surface area contributed by atoms with Crippen LogP contribution < -0.4 is 25.0 Å². The van der Waals surface area contributed by atoms with Crippen molar-refractivity contribution in [3.05, 3.63) is 151 Å². The standard InChI is InChI=1S/C22H28N4O.C22H20N2O/c1-5-25(6-2)19-13-9-17(10-14-19)21-23-24-22(27-21)18-11-15-20(16-12-18)26(7-3)8-4;1-25-20-14-12-17(13-15-20)21-16-22(18-8-4-2-5-9-18)24(23-21)19-10-6-3-7-11-19/h9-16H,5-8H2,1-4H3;2-16,22-23H,1H3. The van der Waals surface area contributed by atoms with Gasteiger partial charge in [0.25, 0.3) is 0 Å². The molecule has 7 rings (SSSR count). The van der Waals surface area contributed by atoms with Crippen molar-refractivity contribution in [3.8, 4) is 28.7 Å². The summed E-state index contributed by atoms with van der Waals surface area (Å²) in [7, 11) is 1.69. The Morgan fingerprint density at radius 1 is 0.596 bits per heavy atom. The maximum atomic E-state index is 5.91. The summed E-state index contributed by atoms with van der Waals surface area (Å²) in [4.78, 5) is 4.61. The monoisotopic (exact) mass is 692 g/mol. The van der Waals surface area contributed by atoms with Gasteiger partial charge in [-0.2, -0.15) is 0 Å². The largest absolute Gasteiger partial charge is 0.497 e. The van der Waals surface area contributed by atoms with Crippen LogP contribution in [-0.4, -0.2) is 43.5 Å². The third-order valence-electron chi connectivity index (χ3n) is 9.33. The number of benzene rings is 5. The van der Waals surface area contributed by atoms with Crippen LogP contribution in [0.2, 0.25) is 0 Å². The van der Waals surface area contributed by atoms with Crippen LogP contribution in [0.25, 0.3) is 28.6 Å². The summed E-state index contributed by atoms with van der Waals surface area (Å²) in [6.07, 6.45) is 2.27. The maximum absolute atomic E-state index is 5.91. The molecule has 1 unspecified atom stereocenters. The van der Waals surface area contributed by atoms with Gasteiger partial charge in [0.1, 0.15) is 5.75 Å². The zero-order valence-electron chi connectivity index (χ0n) is 30.7. The van der Waals surface area contributed by atoms with Crippen LogP contribution in [0.3, 0.4) is 0 Å². The van der Waals surface area contributed by atoms with Crippen LogP contribution in [0, 0.1) is 0 Å². The zero-order chi connectivity index (χ0) is 36.3. The number of ether oxygens (including phenoxy) is 1. The molecule has 266 valence electrons. The smallest absolute Gasteiger partial charge is 0.248 e. The van der Waals surface area contributed by atoms with Crippen molar-refractivity contribution in [1.29, 1.82) is 0 Å². The van der Waals surface area contributed by atoms with E-state index in [4.69, 9.17) is 9.15 Å². The lowest BCUT2D eigenvalue weighted by atomic mass is 10.0. The van der Waals surface area contributed by atoms with Crippen molar-refractivity contribution in [2.24, 2.45) is 0 Å². The first-order chi connectivity index (χ1) is 25.5. The lowest BCUT2D eigenvalue weighted by molar-refractivity contribution is 0.415. The van der Waals surface area contributed by atoms with Gasteiger partial charge in [0.2, 0.25) is 11.8 Å². The highest BCUT2D eigenvalue weighted by atomic mass is 16.5. The van der Waals surface area contributed by atoms with Crippen LogP contribution >= 0.6 is 0 Å². The van der Waals surface area contributed by atoms with Crippen molar-refractivity contribution in [1.82, 2.24) is 15.6 Å². The third kappa shape index (κ3) is 8.29. The Balaban J connectivity index is 0.000000179. The fraction of sp³-hybridized carbons (Fsp3) is 0.227. The molecule has 2 heterocycles. The zero-order valence-corrected chi connectivity index (χ0v) is 30.7. The molecule has 0 radical (unpaired) electrons. The first-order valence-corrected chi connectivity index (χ1v) is 18.1. The van der Waals surface area contributed by atoms with E-state index in [1.165, 1.54) is 16.9 Å². The maximum Gasteiger partial charge on any atom is 0.248 e. The summed E-state index contributed by atoms with van der Waals surface area (Å²) in [5.74, 6) is 1.95. The van der Waals surface area contributed by atoms with E-state index in [0.717, 1.165) is 60.0 Å². The summed E-state index contributed by atoms with van der Waals surface area (Å²) < 4.78 is 11.2. The number of anilines is 3. The van der Waals surface area contributed by atoms with E-state index in [1.807, 2.05) is 48.5 Å². The number of hydrogen-bond acceptors (Lipinski definition) is 8. The number of rotatable bonds is 12. The van der Waals surface area contributed by atoms with Crippen molar-refractivity contribution in [2.75, 3.05) is 48.1 Å². The number of para-hydroxylation sites is 1. The fourth-order valence-corrected chi connectivity index (χ4v) is 6.37. The molecule has 1 aliphatic rings. The molecule has 0 spiro atoms. The Labute approximate surface area is 308 Å². The minimum absolute atomic E-state index is 0.140. The van der Waals surface area contributed by atoms with Crippen LogP contribution in [0.5, 0.6) is 5.75 Å². The number of hydrazine groups is 1. The molecule has 0 bridgehead atoms. The van der Waals surface area contributed by atoms with Crippen LogP contribution in [0.4, 0.5) is 17.1 Å². The van der Waals surface area contributed by atoms with Gasteiger partial charge in [0.05, 0.1) is 24.5 Å². The molecule has 1 aromatic heterocycles.